The summed E-state index contributed by atoms with van der Waals surface area (Å²) in [4.78, 5) is 0. The maximum absolute atomic E-state index is 8.77. The molecule has 1 aliphatic carbocycles. The monoisotopic (exact) mass is 168 g/mol. The standard InChI is InChI=1S/C9H16OSi/c1-11(2)9-5-3-4-8(9)6-7-10/h4-5,10-11H,3,6-7H2,1-2H3. The van der Waals surface area contributed by atoms with E-state index in [9.17, 15) is 0 Å². The normalized spacial score (nSPS) is 17.1. The van der Waals surface area contributed by atoms with E-state index in [4.69, 9.17) is 5.11 Å². The summed E-state index contributed by atoms with van der Waals surface area (Å²) in [6.07, 6.45) is 6.52. The van der Waals surface area contributed by atoms with Gasteiger partial charge in [0.1, 0.15) is 0 Å². The summed E-state index contributed by atoms with van der Waals surface area (Å²) in [7, 11) is -0.631. The number of aliphatic hydroxyl groups excluding tert-OH is 1. The Balaban J connectivity index is 2.60. The molecule has 1 aliphatic rings. The minimum atomic E-state index is -0.631. The molecule has 0 aromatic carbocycles. The van der Waals surface area contributed by atoms with Crippen LogP contribution in [0.4, 0.5) is 0 Å². The molecule has 0 saturated heterocycles. The van der Waals surface area contributed by atoms with Gasteiger partial charge < -0.3 is 5.11 Å². The molecule has 11 heavy (non-hydrogen) atoms. The van der Waals surface area contributed by atoms with Crippen LogP contribution in [0.1, 0.15) is 12.8 Å². The fourth-order valence-corrected chi connectivity index (χ4v) is 3.16. The largest absolute Gasteiger partial charge is 0.396 e. The number of rotatable bonds is 3. The predicted octanol–water partition coefficient (Wildman–Crippen LogP) is 1.65. The van der Waals surface area contributed by atoms with Crippen LogP contribution in [0.25, 0.3) is 0 Å². The number of aliphatic hydroxyl groups is 1. The molecule has 0 heterocycles. The van der Waals surface area contributed by atoms with Crippen molar-refractivity contribution < 1.29 is 5.11 Å². The van der Waals surface area contributed by atoms with Crippen LogP contribution in [0.3, 0.4) is 0 Å². The zero-order chi connectivity index (χ0) is 8.27. The lowest BCUT2D eigenvalue weighted by molar-refractivity contribution is 0.300. The second-order valence-corrected chi connectivity index (χ2v) is 6.18. The van der Waals surface area contributed by atoms with Crippen LogP contribution >= 0.6 is 0 Å². The van der Waals surface area contributed by atoms with Crippen LogP contribution < -0.4 is 0 Å². The lowest BCUT2D eigenvalue weighted by atomic mass is 10.2. The van der Waals surface area contributed by atoms with Gasteiger partial charge in [-0.05, 0) is 12.8 Å². The molecule has 1 nitrogen and oxygen atoms in total. The Morgan fingerprint density at radius 3 is 2.73 bits per heavy atom. The molecule has 0 amide bonds. The second-order valence-electron chi connectivity index (χ2n) is 3.25. The van der Waals surface area contributed by atoms with Crippen molar-refractivity contribution in [2.24, 2.45) is 0 Å². The first-order chi connectivity index (χ1) is 5.25. The second kappa shape index (κ2) is 3.88. The molecule has 0 spiro atoms. The quantitative estimate of drug-likeness (QED) is 0.635. The molecule has 0 aromatic rings. The summed E-state index contributed by atoms with van der Waals surface area (Å²) in [6, 6.07) is 0. The first-order valence-corrected chi connectivity index (χ1v) is 7.14. The van der Waals surface area contributed by atoms with Gasteiger partial charge in [0.15, 0.2) is 0 Å². The van der Waals surface area contributed by atoms with Crippen molar-refractivity contribution >= 4 is 8.80 Å². The average Bonchev–Trinajstić information content (AvgIpc) is 2.36. The van der Waals surface area contributed by atoms with Gasteiger partial charge in [0, 0.05) is 6.61 Å². The highest BCUT2D eigenvalue weighted by Crippen LogP contribution is 2.23. The molecule has 1 rings (SSSR count). The third-order valence-electron chi connectivity index (χ3n) is 2.08. The van der Waals surface area contributed by atoms with Crippen molar-refractivity contribution in [3.63, 3.8) is 0 Å². The Hall–Kier alpha value is -0.343. The number of hydrogen-bond donors (Lipinski definition) is 1. The minimum Gasteiger partial charge on any atom is -0.396 e. The molecule has 0 saturated carbocycles. The third-order valence-corrected chi connectivity index (χ3v) is 3.93. The smallest absolute Gasteiger partial charge is 0.0646 e. The highest BCUT2D eigenvalue weighted by Gasteiger charge is 2.12. The van der Waals surface area contributed by atoms with Crippen LogP contribution in [-0.4, -0.2) is 20.5 Å². The van der Waals surface area contributed by atoms with Crippen molar-refractivity contribution in [3.05, 3.63) is 22.9 Å². The van der Waals surface area contributed by atoms with Crippen LogP contribution in [0.5, 0.6) is 0 Å². The van der Waals surface area contributed by atoms with E-state index < -0.39 is 8.80 Å². The van der Waals surface area contributed by atoms with Gasteiger partial charge in [-0.15, -0.1) is 0 Å². The molecule has 0 atom stereocenters. The van der Waals surface area contributed by atoms with E-state index in [1.165, 1.54) is 5.57 Å². The van der Waals surface area contributed by atoms with Crippen LogP contribution in [0.2, 0.25) is 13.1 Å². The molecule has 0 aliphatic heterocycles. The Labute approximate surface area is 70.0 Å². The summed E-state index contributed by atoms with van der Waals surface area (Å²) in [5.41, 5.74) is 1.41. The van der Waals surface area contributed by atoms with E-state index in [1.54, 1.807) is 5.20 Å². The first kappa shape index (κ1) is 8.75. The maximum atomic E-state index is 8.77. The Bertz CT molecular complexity index is 192. The summed E-state index contributed by atoms with van der Waals surface area (Å²) in [6.45, 7) is 4.97. The van der Waals surface area contributed by atoms with Crippen molar-refractivity contribution in [2.75, 3.05) is 6.61 Å². The van der Waals surface area contributed by atoms with Crippen molar-refractivity contribution in [3.8, 4) is 0 Å². The van der Waals surface area contributed by atoms with Gasteiger partial charge in [0.05, 0.1) is 8.80 Å². The molecule has 0 radical (unpaired) electrons. The van der Waals surface area contributed by atoms with Gasteiger partial charge in [0.25, 0.3) is 0 Å². The fourth-order valence-electron chi connectivity index (χ4n) is 1.55. The topological polar surface area (TPSA) is 20.2 Å². The average molecular weight is 168 g/mol. The lowest BCUT2D eigenvalue weighted by Gasteiger charge is -2.09. The minimum absolute atomic E-state index is 0.296. The van der Waals surface area contributed by atoms with E-state index in [0.29, 0.717) is 6.61 Å². The van der Waals surface area contributed by atoms with E-state index in [0.717, 1.165) is 12.8 Å². The molecule has 0 aromatic heterocycles. The molecule has 2 heteroatoms. The van der Waals surface area contributed by atoms with Crippen molar-refractivity contribution in [1.82, 2.24) is 0 Å². The molecule has 0 bridgehead atoms. The predicted molar refractivity (Wildman–Crippen MR) is 51.4 cm³/mol. The Kier molecular flexibility index (Phi) is 3.09. The van der Waals surface area contributed by atoms with Crippen molar-refractivity contribution in [2.45, 2.75) is 25.9 Å². The summed E-state index contributed by atoms with van der Waals surface area (Å²) < 4.78 is 0. The fraction of sp³-hybridized carbons (Fsp3) is 0.556. The lowest BCUT2D eigenvalue weighted by Crippen LogP contribution is -2.07. The van der Waals surface area contributed by atoms with Crippen LogP contribution in [-0.2, 0) is 0 Å². The van der Waals surface area contributed by atoms with E-state index in [-0.39, 0.29) is 0 Å². The van der Waals surface area contributed by atoms with Crippen LogP contribution in [0, 0.1) is 0 Å². The van der Waals surface area contributed by atoms with Gasteiger partial charge in [-0.3, -0.25) is 0 Å². The SMILES string of the molecule is C[SiH](C)C1=CCC=C1CCO. The zero-order valence-electron chi connectivity index (χ0n) is 7.30. The van der Waals surface area contributed by atoms with Gasteiger partial charge in [-0.2, -0.15) is 0 Å². The summed E-state index contributed by atoms with van der Waals surface area (Å²) in [5, 5.41) is 10.3. The first-order valence-electron chi connectivity index (χ1n) is 4.26. The molecule has 1 N–H and O–H groups in total. The van der Waals surface area contributed by atoms with E-state index in [2.05, 4.69) is 25.2 Å². The van der Waals surface area contributed by atoms with Gasteiger partial charge >= 0.3 is 0 Å². The maximum Gasteiger partial charge on any atom is 0.0646 e. The van der Waals surface area contributed by atoms with Crippen molar-refractivity contribution in [1.29, 1.82) is 0 Å². The Morgan fingerprint density at radius 2 is 2.18 bits per heavy atom. The van der Waals surface area contributed by atoms with Gasteiger partial charge in [0.2, 0.25) is 0 Å². The molecule has 0 unspecified atom stereocenters. The molecule has 62 valence electrons. The summed E-state index contributed by atoms with van der Waals surface area (Å²) in [5.74, 6) is 0. The van der Waals surface area contributed by atoms with E-state index >= 15 is 0 Å². The van der Waals surface area contributed by atoms with Gasteiger partial charge in [-0.25, -0.2) is 0 Å². The zero-order valence-corrected chi connectivity index (χ0v) is 8.46. The highest BCUT2D eigenvalue weighted by molar-refractivity contribution is 6.65. The Morgan fingerprint density at radius 1 is 1.45 bits per heavy atom. The van der Waals surface area contributed by atoms with Crippen LogP contribution in [0.15, 0.2) is 22.9 Å². The molecular weight excluding hydrogens is 152 g/mol. The van der Waals surface area contributed by atoms with Gasteiger partial charge in [-0.1, -0.05) is 36.0 Å². The third kappa shape index (κ3) is 2.04. The summed E-state index contributed by atoms with van der Waals surface area (Å²) >= 11 is 0. The highest BCUT2D eigenvalue weighted by atomic mass is 28.3. The molecular formula is C9H16OSi. The van der Waals surface area contributed by atoms with E-state index in [1.807, 2.05) is 0 Å². The molecule has 0 fully saturated rings. The number of allylic oxidation sites excluding steroid dienone is 3. The number of hydrogen-bond acceptors (Lipinski definition) is 1.